The highest BCUT2D eigenvalue weighted by Gasteiger charge is 2.29. The highest BCUT2D eigenvalue weighted by molar-refractivity contribution is 8.13. The van der Waals surface area contributed by atoms with E-state index in [1.54, 1.807) is 58.6 Å². The SMILES string of the molecule is CC.CC(=O)Nc1ccc(S(=O)(=O)Cl)cc1.CC(=O)Nc1ccc(S(=O)(=O)n2ccc3cc(N4CCN(C(=O)OC(C)(C)C)CC4)ccc32)cc1.CC(C)(C)OC(=O)N1CCN(c2ccc3[nH]ccc3c2)CC1.Cl.Cl.Nc1ccc(S(=O)(=O)n2ccc3cc(N4CCNCC4)ccc32)cc1.Nc1ccc2[nH]ccc2c1. The van der Waals surface area contributed by atoms with Gasteiger partial charge in [-0.3, -0.25) is 9.59 Å². The van der Waals surface area contributed by atoms with Crippen LogP contribution >= 0.6 is 35.5 Å². The van der Waals surface area contributed by atoms with E-state index in [0.29, 0.717) is 67.4 Å². The van der Waals surface area contributed by atoms with Crippen molar-refractivity contribution in [2.45, 2.75) is 95.1 Å². The molecule has 14 rings (SSSR count). The van der Waals surface area contributed by atoms with E-state index in [1.807, 2.05) is 122 Å². The van der Waals surface area contributed by atoms with Crippen LogP contribution in [-0.4, -0.2) is 167 Å². The molecule has 26 nitrogen and oxygen atoms in total. The van der Waals surface area contributed by atoms with E-state index < -0.39 is 40.3 Å². The molecule has 0 saturated carbocycles. The summed E-state index contributed by atoms with van der Waals surface area (Å²) in [4.78, 5) is 63.2. The van der Waals surface area contributed by atoms with E-state index >= 15 is 0 Å². The Balaban J connectivity index is 0.000000199. The van der Waals surface area contributed by atoms with Gasteiger partial charge in [-0.1, -0.05) is 13.8 Å². The molecule has 0 unspecified atom stereocenters. The maximum absolute atomic E-state index is 13.2. The fourth-order valence-electron chi connectivity index (χ4n) is 11.9. The van der Waals surface area contributed by atoms with Gasteiger partial charge in [-0.25, -0.2) is 42.8 Å². The number of aromatic nitrogens is 4. The number of halogens is 3. The molecule has 0 atom stereocenters. The van der Waals surface area contributed by atoms with Crippen molar-refractivity contribution >= 4 is 172 Å². The van der Waals surface area contributed by atoms with Crippen molar-refractivity contribution in [2.75, 3.05) is 115 Å². The molecule has 11 aromatic rings. The summed E-state index contributed by atoms with van der Waals surface area (Å²) in [6.07, 6.45) is 6.50. The van der Waals surface area contributed by atoms with Gasteiger partial charge in [-0.15, -0.1) is 24.8 Å². The van der Waals surface area contributed by atoms with E-state index in [1.165, 1.54) is 86.8 Å². The summed E-state index contributed by atoms with van der Waals surface area (Å²) in [7, 11) is -6.03. The second-order valence-corrected chi connectivity index (χ2v) is 33.6. The Kier molecular flexibility index (Phi) is 30.1. The Morgan fingerprint density at radius 3 is 1.16 bits per heavy atom. The van der Waals surface area contributed by atoms with Gasteiger partial charge >= 0.3 is 12.2 Å². The van der Waals surface area contributed by atoms with Crippen LogP contribution in [0.1, 0.15) is 69.2 Å². The maximum Gasteiger partial charge on any atom is 0.410 e. The van der Waals surface area contributed by atoms with Gasteiger partial charge < -0.3 is 71.4 Å². The number of piperazine rings is 3. The van der Waals surface area contributed by atoms with Crippen LogP contribution in [0.2, 0.25) is 0 Å². The molecule has 0 radical (unpaired) electrons. The van der Waals surface area contributed by atoms with Gasteiger partial charge in [-0.2, -0.15) is 0 Å². The van der Waals surface area contributed by atoms with Crippen molar-refractivity contribution in [1.29, 1.82) is 0 Å². The number of H-pyrrole nitrogens is 2. The van der Waals surface area contributed by atoms with Crippen LogP contribution in [0, 0.1) is 0 Å². The number of carbonyl (C=O) groups is 4. The standard InChI is InChI=1S/C25H30N4O5S.C18H20N4O2S.C17H23N3O2.C8H8ClNO3S.C8H8N2.C2H6.2ClH/c1-18(30)26-20-5-8-22(9-6-20)35(32,33)29-12-11-19-17-21(7-10-23(19)29)27-13-15-28(16-14-27)24(31)34-25(2,3)4;19-15-1-4-17(5-2-15)25(23,24)22-10-7-14-13-16(3-6-18(14)22)21-11-8-20-9-12-21;1-17(2,3)22-16(21)20-10-8-19(9-11-20)14-4-5-15-13(12-14)6-7-18-15;1-6(11)10-7-2-4-8(5-3-7)14(9,12)13;9-7-1-2-8-6(5-7)3-4-10-8;1-2;;/h5-12,17H,13-16H2,1-4H3,(H,26,30);1-7,10,13,20H,8-9,11-12,19H2;4-7,12,18H,8-11H2,1-3H3;2-5H,1H3,(H,10,11);1-5,10H,9H2;1-2H3;2*1H. The molecule has 7 aromatic carbocycles. The minimum atomic E-state index is -3.80. The zero-order valence-corrected chi connectivity index (χ0v) is 67.9. The number of rotatable bonds is 10. The second-order valence-electron chi connectivity index (χ2n) is 27.4. The van der Waals surface area contributed by atoms with Gasteiger partial charge in [0.25, 0.3) is 29.1 Å². The van der Waals surface area contributed by atoms with Crippen LogP contribution in [0.3, 0.4) is 0 Å². The molecule has 7 heterocycles. The first-order valence-corrected chi connectivity index (χ1v) is 40.5. The predicted molar refractivity (Wildman–Crippen MR) is 446 cm³/mol. The summed E-state index contributed by atoms with van der Waals surface area (Å²) in [5.74, 6) is -0.439. The number of aromatic amines is 2. The van der Waals surface area contributed by atoms with Crippen LogP contribution in [0.4, 0.5) is 49.4 Å². The molecule has 590 valence electrons. The number of nitrogens with zero attached hydrogens (tertiary/aromatic N) is 7. The average Bonchev–Trinajstić information content (AvgIpc) is 1.64. The Labute approximate surface area is 659 Å². The van der Waals surface area contributed by atoms with Gasteiger partial charge in [0.2, 0.25) is 11.8 Å². The van der Waals surface area contributed by atoms with Crippen LogP contribution in [0.15, 0.2) is 209 Å². The molecule has 110 heavy (non-hydrogen) atoms. The largest absolute Gasteiger partial charge is 0.444 e. The molecule has 0 aliphatic carbocycles. The minimum absolute atomic E-state index is 0. The molecule has 4 aromatic heterocycles. The van der Waals surface area contributed by atoms with Gasteiger partial charge in [0.05, 0.1) is 25.7 Å². The van der Waals surface area contributed by atoms with Crippen LogP contribution < -0.4 is 42.1 Å². The summed E-state index contributed by atoms with van der Waals surface area (Å²) < 4.78 is 87.5. The molecular weight excluding hydrogens is 1530 g/mol. The lowest BCUT2D eigenvalue weighted by Crippen LogP contribution is -2.50. The van der Waals surface area contributed by atoms with Crippen molar-refractivity contribution < 1.29 is 53.9 Å². The number of amides is 4. The number of hydrogen-bond donors (Lipinski definition) is 7. The quantitative estimate of drug-likeness (QED) is 0.0494. The lowest BCUT2D eigenvalue weighted by atomic mass is 10.2. The van der Waals surface area contributed by atoms with Gasteiger partial charge in [0.1, 0.15) is 11.2 Å². The molecule has 3 aliphatic heterocycles. The topological polar surface area (TPSA) is 335 Å². The highest BCUT2D eigenvalue weighted by atomic mass is 35.7. The highest BCUT2D eigenvalue weighted by Crippen LogP contribution is 2.31. The number of anilines is 7. The Morgan fingerprint density at radius 2 is 0.773 bits per heavy atom. The van der Waals surface area contributed by atoms with Crippen LogP contribution in [0.25, 0.3) is 43.6 Å². The van der Waals surface area contributed by atoms with Crippen LogP contribution in [-0.2, 0) is 48.2 Å². The maximum atomic E-state index is 13.2. The molecule has 0 spiro atoms. The monoisotopic (exact) mass is 1620 g/mol. The zero-order chi connectivity index (χ0) is 78.3. The normalized spacial score (nSPS) is 13.9. The number of benzene rings is 7. The van der Waals surface area contributed by atoms with Gasteiger partial charge in [-0.05, 0) is 211 Å². The van der Waals surface area contributed by atoms with Gasteiger partial charge in [0.15, 0.2) is 0 Å². The number of nitrogens with one attached hydrogen (secondary N) is 5. The summed E-state index contributed by atoms with van der Waals surface area (Å²) in [5.41, 5.74) is 19.5. The number of carbonyl (C=O) groups excluding carboxylic acids is 4. The first-order chi connectivity index (χ1) is 51.2. The molecule has 32 heteroatoms. The molecule has 3 saturated heterocycles. The number of hydrogen-bond acceptors (Lipinski definition) is 18. The van der Waals surface area contributed by atoms with Gasteiger partial charge in [0, 0.05) is 200 Å². The van der Waals surface area contributed by atoms with E-state index in [9.17, 15) is 44.4 Å². The first-order valence-electron chi connectivity index (χ1n) is 35.3. The number of nitrogens with two attached hydrogens (primary N) is 2. The Morgan fingerprint density at radius 1 is 0.427 bits per heavy atom. The third kappa shape index (κ3) is 23.5. The Hall–Kier alpha value is -10.1. The average molecular weight is 1630 g/mol. The van der Waals surface area contributed by atoms with Crippen molar-refractivity contribution in [3.63, 3.8) is 0 Å². The lowest BCUT2D eigenvalue weighted by molar-refractivity contribution is -0.115. The summed E-state index contributed by atoms with van der Waals surface area (Å²) in [5, 5.41) is 12.6. The zero-order valence-electron chi connectivity index (χ0n) is 63.1. The molecule has 9 N–H and O–H groups in total. The van der Waals surface area contributed by atoms with E-state index in [-0.39, 0.29) is 63.5 Å². The number of nitrogen functional groups attached to an aromatic ring is 2. The summed E-state index contributed by atoms with van der Waals surface area (Å²) >= 11 is 0. The van der Waals surface area contributed by atoms with Crippen molar-refractivity contribution in [3.8, 4) is 0 Å². The third-order valence-corrected chi connectivity index (χ3v) is 21.9. The summed E-state index contributed by atoms with van der Waals surface area (Å²) in [6.45, 7) is 27.3. The molecule has 4 amide bonds. The molecule has 0 bridgehead atoms. The fourth-order valence-corrected chi connectivity index (χ4v) is 15.4. The van der Waals surface area contributed by atoms with Crippen molar-refractivity contribution in [2.24, 2.45) is 0 Å². The molecule has 3 aliphatic rings. The fraction of sp³-hybridized carbons (Fsp3) is 0.308. The number of ether oxygens (including phenoxy) is 2. The summed E-state index contributed by atoms with van der Waals surface area (Å²) in [6, 6.07) is 49.5. The van der Waals surface area contributed by atoms with E-state index in [0.717, 1.165) is 78.1 Å². The van der Waals surface area contributed by atoms with Crippen LogP contribution in [0.5, 0.6) is 0 Å². The Bertz CT molecular complexity index is 5280. The van der Waals surface area contributed by atoms with E-state index in [4.69, 9.17) is 31.6 Å². The molecule has 3 fully saturated rings. The van der Waals surface area contributed by atoms with E-state index in [2.05, 4.69) is 70.9 Å². The number of fused-ring (bicyclic) bond motifs is 4. The third-order valence-electron chi connectivity index (χ3n) is 17.1. The van der Waals surface area contributed by atoms with Crippen molar-refractivity contribution in [1.82, 2.24) is 33.0 Å². The smallest absolute Gasteiger partial charge is 0.410 e. The lowest BCUT2D eigenvalue weighted by Gasteiger charge is -2.36. The molecular formula is C78H97Cl3N14O12S3. The first kappa shape index (κ1) is 87.1. The minimum Gasteiger partial charge on any atom is -0.444 e. The van der Waals surface area contributed by atoms with Crippen molar-refractivity contribution in [3.05, 3.63) is 195 Å². The second kappa shape index (κ2) is 38.0. The predicted octanol–water partition coefficient (Wildman–Crippen LogP) is 14.2.